The van der Waals surface area contributed by atoms with E-state index in [0.29, 0.717) is 0 Å². The van der Waals surface area contributed by atoms with Gasteiger partial charge in [-0.15, -0.1) is 11.5 Å². The molecule has 0 nitrogen and oxygen atoms in total. The van der Waals surface area contributed by atoms with Gasteiger partial charge in [0.15, 0.2) is 0 Å². The lowest BCUT2D eigenvalue weighted by Gasteiger charge is -2.08. The number of rotatable bonds is 5. The maximum atomic E-state index is 3.43. The Labute approximate surface area is 104 Å². The molecule has 0 N–H and O–H groups in total. The highest BCUT2D eigenvalue weighted by Crippen LogP contribution is 2.13. The van der Waals surface area contributed by atoms with Crippen LogP contribution in [0.5, 0.6) is 0 Å². The fraction of sp³-hybridized carbons (Fsp3) is 0.733. The minimum Gasteiger partial charge on any atom is -0.132 e. The molecule has 0 rings (SSSR count). The van der Waals surface area contributed by atoms with E-state index in [-0.39, 0.29) is 0 Å². The Kier molecular flexibility index (Phi) is 7.50. The van der Waals surface area contributed by atoms with E-state index in [2.05, 4.69) is 58.0 Å². The summed E-state index contributed by atoms with van der Waals surface area (Å²) >= 11 is 0. The van der Waals surface area contributed by atoms with Gasteiger partial charge < -0.3 is 0 Å². The van der Waals surface area contributed by atoms with Gasteiger partial charge in [-0.3, -0.25) is 0 Å². The Morgan fingerprint density at radius 2 is 1.81 bits per heavy atom. The normalized spacial score (nSPS) is 12.6. The van der Waals surface area contributed by atoms with Crippen molar-refractivity contribution in [2.45, 2.75) is 66.1 Å². The molecule has 16 heavy (non-hydrogen) atoms. The first-order valence-electron chi connectivity index (χ1n) is 6.44. The molecule has 0 saturated heterocycles. The van der Waals surface area contributed by atoms with Gasteiger partial charge in [0, 0.05) is 6.42 Å². The van der Waals surface area contributed by atoms with E-state index in [1.165, 1.54) is 24.8 Å². The molecule has 1 heteroatoms. The maximum Gasteiger partial charge on any atom is 0.129 e. The van der Waals surface area contributed by atoms with Gasteiger partial charge in [0.05, 0.1) is 0 Å². The predicted molar refractivity (Wildman–Crippen MR) is 78.2 cm³/mol. The molecular weight excluding hydrogens is 208 g/mol. The molecular formula is C15H28Si. The van der Waals surface area contributed by atoms with Crippen LogP contribution in [0.15, 0.2) is 11.6 Å². The van der Waals surface area contributed by atoms with Crippen molar-refractivity contribution in [1.82, 2.24) is 0 Å². The van der Waals surface area contributed by atoms with Crippen LogP contribution in [0.3, 0.4) is 0 Å². The first-order valence-corrected chi connectivity index (χ1v) is 9.94. The topological polar surface area (TPSA) is 0 Å². The van der Waals surface area contributed by atoms with Crippen LogP contribution in [0, 0.1) is 17.4 Å². The van der Waals surface area contributed by atoms with Gasteiger partial charge in [-0.25, -0.2) is 0 Å². The second kappa shape index (κ2) is 7.74. The summed E-state index contributed by atoms with van der Waals surface area (Å²) in [5.41, 5.74) is 4.86. The van der Waals surface area contributed by atoms with E-state index in [1.807, 2.05) is 0 Å². The molecule has 0 fully saturated rings. The number of hydrogen-bond donors (Lipinski definition) is 0. The van der Waals surface area contributed by atoms with Crippen LogP contribution in [0.25, 0.3) is 0 Å². The average Bonchev–Trinajstić information content (AvgIpc) is 2.10. The lowest BCUT2D eigenvalue weighted by molar-refractivity contribution is 0.504. The fourth-order valence-electron chi connectivity index (χ4n) is 1.45. The number of hydrogen-bond acceptors (Lipinski definition) is 0. The highest BCUT2D eigenvalue weighted by molar-refractivity contribution is 6.83. The van der Waals surface area contributed by atoms with Crippen LogP contribution >= 0.6 is 0 Å². The molecule has 0 spiro atoms. The lowest BCUT2D eigenvalue weighted by Crippen LogP contribution is -2.16. The second-order valence-corrected chi connectivity index (χ2v) is 10.8. The lowest BCUT2D eigenvalue weighted by atomic mass is 9.99. The van der Waals surface area contributed by atoms with E-state index in [1.54, 1.807) is 0 Å². The molecule has 0 aliphatic heterocycles. The highest BCUT2D eigenvalue weighted by atomic mass is 28.3. The van der Waals surface area contributed by atoms with Gasteiger partial charge in [0.2, 0.25) is 0 Å². The zero-order chi connectivity index (χ0) is 12.6. The largest absolute Gasteiger partial charge is 0.132 e. The van der Waals surface area contributed by atoms with Crippen molar-refractivity contribution in [2.24, 2.45) is 5.92 Å². The van der Waals surface area contributed by atoms with Gasteiger partial charge in [-0.05, 0) is 39.0 Å². The van der Waals surface area contributed by atoms with E-state index in [9.17, 15) is 0 Å². The van der Waals surface area contributed by atoms with Crippen LogP contribution in [0.1, 0.15) is 46.5 Å². The van der Waals surface area contributed by atoms with Crippen LogP contribution in [-0.4, -0.2) is 8.07 Å². The third kappa shape index (κ3) is 11.6. The number of allylic oxidation sites excluding steroid dienone is 2. The molecule has 0 aromatic rings. The molecule has 0 aliphatic rings. The Hall–Kier alpha value is -0.483. The van der Waals surface area contributed by atoms with Crippen molar-refractivity contribution in [3.63, 3.8) is 0 Å². The summed E-state index contributed by atoms with van der Waals surface area (Å²) in [5, 5.41) is 0. The standard InChI is InChI=1S/C15H28Si/c1-14(2)10-9-12-15(3)11-7-8-13-16(4,5)6/h10,15H,7,9,11-12H2,1-6H3. The third-order valence-corrected chi connectivity index (χ3v) is 3.36. The van der Waals surface area contributed by atoms with Gasteiger partial charge in [-0.2, -0.15) is 0 Å². The summed E-state index contributed by atoms with van der Waals surface area (Å²) in [4.78, 5) is 0. The molecule has 92 valence electrons. The minimum absolute atomic E-state index is 0.812. The molecule has 1 atom stereocenters. The minimum atomic E-state index is -1.14. The smallest absolute Gasteiger partial charge is 0.129 e. The summed E-state index contributed by atoms with van der Waals surface area (Å²) in [6.45, 7) is 13.6. The van der Waals surface area contributed by atoms with E-state index in [0.717, 1.165) is 12.3 Å². The summed E-state index contributed by atoms with van der Waals surface area (Å²) in [6, 6.07) is 0. The first-order chi connectivity index (χ1) is 7.31. The van der Waals surface area contributed by atoms with Crippen molar-refractivity contribution in [3.8, 4) is 11.5 Å². The fourth-order valence-corrected chi connectivity index (χ4v) is 2.10. The monoisotopic (exact) mass is 236 g/mol. The van der Waals surface area contributed by atoms with Crippen LogP contribution in [-0.2, 0) is 0 Å². The van der Waals surface area contributed by atoms with Crippen LogP contribution in [0.4, 0.5) is 0 Å². The highest BCUT2D eigenvalue weighted by Gasteiger charge is 2.07. The summed E-state index contributed by atoms with van der Waals surface area (Å²) in [6.07, 6.45) is 7.21. The molecule has 0 aliphatic carbocycles. The molecule has 0 saturated carbocycles. The average molecular weight is 236 g/mol. The van der Waals surface area contributed by atoms with Crippen molar-refractivity contribution >= 4 is 8.07 Å². The SMILES string of the molecule is CC(C)=CCCC(C)CCC#C[Si](C)(C)C. The molecule has 0 aromatic carbocycles. The molecule has 0 amide bonds. The summed E-state index contributed by atoms with van der Waals surface area (Å²) in [5.74, 6) is 4.16. The van der Waals surface area contributed by atoms with Crippen molar-refractivity contribution in [3.05, 3.63) is 11.6 Å². The molecule has 0 radical (unpaired) electrons. The Bertz CT molecular complexity index is 266. The maximum absolute atomic E-state index is 3.43. The second-order valence-electron chi connectivity index (χ2n) is 6.05. The Balaban J connectivity index is 3.69. The molecule has 0 bridgehead atoms. The van der Waals surface area contributed by atoms with E-state index < -0.39 is 8.07 Å². The predicted octanol–water partition coefficient (Wildman–Crippen LogP) is 5.03. The zero-order valence-electron chi connectivity index (χ0n) is 12.0. The zero-order valence-corrected chi connectivity index (χ0v) is 13.0. The van der Waals surface area contributed by atoms with Gasteiger partial charge in [0.1, 0.15) is 8.07 Å². The summed E-state index contributed by atoms with van der Waals surface area (Å²) < 4.78 is 0. The third-order valence-electron chi connectivity index (χ3n) is 2.44. The van der Waals surface area contributed by atoms with Crippen LogP contribution in [0.2, 0.25) is 19.6 Å². The van der Waals surface area contributed by atoms with Crippen molar-refractivity contribution in [2.75, 3.05) is 0 Å². The molecule has 0 aromatic heterocycles. The van der Waals surface area contributed by atoms with Gasteiger partial charge >= 0.3 is 0 Å². The quantitative estimate of drug-likeness (QED) is 0.357. The van der Waals surface area contributed by atoms with E-state index in [4.69, 9.17) is 0 Å². The summed E-state index contributed by atoms with van der Waals surface area (Å²) in [7, 11) is -1.14. The van der Waals surface area contributed by atoms with Gasteiger partial charge in [-0.1, -0.05) is 38.2 Å². The van der Waals surface area contributed by atoms with Crippen molar-refractivity contribution < 1.29 is 0 Å². The Morgan fingerprint density at radius 1 is 1.19 bits per heavy atom. The van der Waals surface area contributed by atoms with Crippen molar-refractivity contribution in [1.29, 1.82) is 0 Å². The first kappa shape index (κ1) is 15.5. The Morgan fingerprint density at radius 3 is 2.31 bits per heavy atom. The molecule has 1 unspecified atom stereocenters. The van der Waals surface area contributed by atoms with Crippen LogP contribution < -0.4 is 0 Å². The molecule has 0 heterocycles. The van der Waals surface area contributed by atoms with Gasteiger partial charge in [0.25, 0.3) is 0 Å². The van der Waals surface area contributed by atoms with E-state index >= 15 is 0 Å².